The molecule has 0 radical (unpaired) electrons. The number of ether oxygens (including phenoxy) is 1. The fraction of sp³-hybridized carbons (Fsp3) is 0.750. The van der Waals surface area contributed by atoms with Crippen molar-refractivity contribution in [2.45, 2.75) is 45.3 Å². The van der Waals surface area contributed by atoms with Crippen LogP contribution in [0.15, 0.2) is 0 Å². The van der Waals surface area contributed by atoms with Crippen LogP contribution < -0.4 is 11.1 Å². The molecule has 7 nitrogen and oxygen atoms in total. The molecule has 0 spiro atoms. The predicted octanol–water partition coefficient (Wildman–Crippen LogP) is -0.364. The van der Waals surface area contributed by atoms with Crippen LogP contribution in [0.5, 0.6) is 0 Å². The third kappa shape index (κ3) is 4.20. The minimum atomic E-state index is -0.910. The molecule has 0 aromatic carbocycles. The molecule has 0 aromatic heterocycles. The molecule has 2 unspecified atom stereocenters. The topological polar surface area (TPSA) is 119 Å². The first kappa shape index (κ1) is 15.4. The lowest BCUT2D eigenvalue weighted by Crippen LogP contribution is -2.39. The maximum atomic E-state index is 11.7. The summed E-state index contributed by atoms with van der Waals surface area (Å²) in [5.41, 5.74) is 4.20. The summed E-state index contributed by atoms with van der Waals surface area (Å²) in [6.45, 7) is 3.44. The van der Waals surface area contributed by atoms with Crippen molar-refractivity contribution in [1.29, 1.82) is 0 Å². The minimum Gasteiger partial charge on any atom is -0.481 e. The fourth-order valence-electron chi connectivity index (χ4n) is 1.76. The first-order valence-corrected chi connectivity index (χ1v) is 6.20. The molecular formula is C12H20N2O5. The van der Waals surface area contributed by atoms with Gasteiger partial charge in [0.2, 0.25) is 11.8 Å². The molecule has 2 amide bonds. The Hall–Kier alpha value is -1.63. The monoisotopic (exact) mass is 272 g/mol. The molecule has 0 aliphatic carbocycles. The molecule has 0 bridgehead atoms. The van der Waals surface area contributed by atoms with Gasteiger partial charge in [0.1, 0.15) is 12.2 Å². The summed E-state index contributed by atoms with van der Waals surface area (Å²) in [5.74, 6) is -1.81. The van der Waals surface area contributed by atoms with Gasteiger partial charge in [-0.3, -0.25) is 14.4 Å². The Kier molecular flexibility index (Phi) is 4.88. The molecule has 108 valence electrons. The maximum Gasteiger partial charge on any atom is 0.309 e. The Morgan fingerprint density at radius 3 is 2.37 bits per heavy atom. The van der Waals surface area contributed by atoms with E-state index in [4.69, 9.17) is 15.6 Å². The summed E-state index contributed by atoms with van der Waals surface area (Å²) >= 11 is 0. The van der Waals surface area contributed by atoms with E-state index in [-0.39, 0.29) is 12.5 Å². The highest BCUT2D eigenvalue weighted by molar-refractivity contribution is 5.84. The lowest BCUT2D eigenvalue weighted by atomic mass is 9.90. The highest BCUT2D eigenvalue weighted by atomic mass is 16.5. The first-order chi connectivity index (χ1) is 8.74. The number of rotatable bonds is 6. The lowest BCUT2D eigenvalue weighted by Gasteiger charge is -2.19. The third-order valence-electron chi connectivity index (χ3n) is 3.26. The van der Waals surface area contributed by atoms with Gasteiger partial charge in [-0.15, -0.1) is 0 Å². The van der Waals surface area contributed by atoms with Gasteiger partial charge in [0.05, 0.1) is 5.41 Å². The van der Waals surface area contributed by atoms with E-state index in [9.17, 15) is 14.4 Å². The van der Waals surface area contributed by atoms with Crippen LogP contribution in [-0.2, 0) is 19.1 Å². The van der Waals surface area contributed by atoms with E-state index in [0.717, 1.165) is 0 Å². The normalized spacial score (nSPS) is 23.1. The van der Waals surface area contributed by atoms with Crippen LogP contribution in [0.4, 0.5) is 0 Å². The van der Waals surface area contributed by atoms with E-state index >= 15 is 0 Å². The zero-order chi connectivity index (χ0) is 14.6. The van der Waals surface area contributed by atoms with Gasteiger partial charge in [-0.25, -0.2) is 0 Å². The second-order valence-corrected chi connectivity index (χ2v) is 5.32. The number of hydrogen-bond acceptors (Lipinski definition) is 4. The summed E-state index contributed by atoms with van der Waals surface area (Å²) in [4.78, 5) is 33.5. The maximum absolute atomic E-state index is 11.7. The van der Waals surface area contributed by atoms with Crippen molar-refractivity contribution in [3.8, 4) is 0 Å². The number of carboxylic acid groups (broad SMARTS) is 1. The molecule has 4 N–H and O–H groups in total. The Bertz CT molecular complexity index is 380. The number of nitrogens with one attached hydrogen (secondary N) is 1. The van der Waals surface area contributed by atoms with Crippen molar-refractivity contribution in [2.75, 3.05) is 6.54 Å². The van der Waals surface area contributed by atoms with Gasteiger partial charge in [-0.05, 0) is 33.1 Å². The number of carbonyl (C=O) groups excluding carboxylic acids is 2. The number of primary amides is 1. The molecule has 2 atom stereocenters. The summed E-state index contributed by atoms with van der Waals surface area (Å²) in [6, 6.07) is 0. The number of amides is 2. The summed E-state index contributed by atoms with van der Waals surface area (Å²) in [5, 5.41) is 11.5. The van der Waals surface area contributed by atoms with Gasteiger partial charge >= 0.3 is 5.97 Å². The molecule has 0 saturated carbocycles. The van der Waals surface area contributed by atoms with Gasteiger partial charge in [-0.1, -0.05) is 0 Å². The number of carbonyl (C=O) groups is 3. The summed E-state index contributed by atoms with van der Waals surface area (Å²) in [6.07, 6.45) is -0.174. The molecule has 1 aliphatic rings. The van der Waals surface area contributed by atoms with Gasteiger partial charge in [0, 0.05) is 6.54 Å². The Labute approximate surface area is 111 Å². The first-order valence-electron chi connectivity index (χ1n) is 6.20. The van der Waals surface area contributed by atoms with E-state index in [1.165, 1.54) is 0 Å². The van der Waals surface area contributed by atoms with Crippen molar-refractivity contribution in [2.24, 2.45) is 11.1 Å². The number of aliphatic carboxylic acids is 1. The number of carboxylic acids is 1. The molecule has 7 heteroatoms. The van der Waals surface area contributed by atoms with E-state index in [1.807, 2.05) is 0 Å². The Morgan fingerprint density at radius 1 is 1.32 bits per heavy atom. The molecule has 1 fully saturated rings. The average Bonchev–Trinajstić information content (AvgIpc) is 2.77. The highest BCUT2D eigenvalue weighted by Gasteiger charge is 2.34. The van der Waals surface area contributed by atoms with Gasteiger partial charge in [0.15, 0.2) is 0 Å². The van der Waals surface area contributed by atoms with Crippen LogP contribution in [0.25, 0.3) is 0 Å². The van der Waals surface area contributed by atoms with Crippen LogP contribution >= 0.6 is 0 Å². The zero-order valence-electron chi connectivity index (χ0n) is 11.1. The van der Waals surface area contributed by atoms with E-state index in [2.05, 4.69) is 5.32 Å². The molecular weight excluding hydrogens is 252 g/mol. The van der Waals surface area contributed by atoms with Crippen LogP contribution in [0.3, 0.4) is 0 Å². The third-order valence-corrected chi connectivity index (χ3v) is 3.26. The molecule has 1 rings (SSSR count). The SMILES string of the molecule is CC(C)(CCNC(=O)C1CCC(C(N)=O)O1)C(=O)O. The van der Waals surface area contributed by atoms with Crippen molar-refractivity contribution >= 4 is 17.8 Å². The average molecular weight is 272 g/mol. The van der Waals surface area contributed by atoms with E-state index < -0.39 is 29.5 Å². The Morgan fingerprint density at radius 2 is 1.89 bits per heavy atom. The van der Waals surface area contributed by atoms with Crippen molar-refractivity contribution in [3.63, 3.8) is 0 Å². The highest BCUT2D eigenvalue weighted by Crippen LogP contribution is 2.21. The van der Waals surface area contributed by atoms with Crippen LogP contribution in [0.2, 0.25) is 0 Å². The molecule has 19 heavy (non-hydrogen) atoms. The molecule has 1 aliphatic heterocycles. The largest absolute Gasteiger partial charge is 0.481 e. The van der Waals surface area contributed by atoms with E-state index in [0.29, 0.717) is 19.3 Å². The van der Waals surface area contributed by atoms with Crippen molar-refractivity contribution in [1.82, 2.24) is 5.32 Å². The molecule has 0 aromatic rings. The lowest BCUT2D eigenvalue weighted by molar-refractivity contribution is -0.147. The quantitative estimate of drug-likeness (QED) is 0.610. The molecule has 1 heterocycles. The van der Waals surface area contributed by atoms with Crippen LogP contribution in [0, 0.1) is 5.41 Å². The Balaban J connectivity index is 2.33. The van der Waals surface area contributed by atoms with Crippen molar-refractivity contribution < 1.29 is 24.2 Å². The minimum absolute atomic E-state index is 0.249. The predicted molar refractivity (Wildman–Crippen MR) is 66.1 cm³/mol. The van der Waals surface area contributed by atoms with Crippen molar-refractivity contribution in [3.05, 3.63) is 0 Å². The molecule has 1 saturated heterocycles. The number of nitrogens with two attached hydrogens (primary N) is 1. The standard InChI is InChI=1S/C12H20N2O5/c1-12(2,11(17)18)5-6-14-10(16)8-4-3-7(19-8)9(13)15/h7-8H,3-6H2,1-2H3,(H2,13,15)(H,14,16)(H,17,18). The van der Waals surface area contributed by atoms with Crippen LogP contribution in [-0.4, -0.2) is 41.6 Å². The van der Waals surface area contributed by atoms with Gasteiger partial charge in [-0.2, -0.15) is 0 Å². The summed E-state index contributed by atoms with van der Waals surface area (Å²) in [7, 11) is 0. The van der Waals surface area contributed by atoms with E-state index in [1.54, 1.807) is 13.8 Å². The van der Waals surface area contributed by atoms with Crippen LogP contribution in [0.1, 0.15) is 33.1 Å². The fourth-order valence-corrected chi connectivity index (χ4v) is 1.76. The second-order valence-electron chi connectivity index (χ2n) is 5.32. The summed E-state index contributed by atoms with van der Waals surface area (Å²) < 4.78 is 5.21. The van der Waals surface area contributed by atoms with Gasteiger partial charge in [0.25, 0.3) is 0 Å². The number of hydrogen-bond donors (Lipinski definition) is 3. The smallest absolute Gasteiger partial charge is 0.309 e. The second kappa shape index (κ2) is 6.01. The zero-order valence-corrected chi connectivity index (χ0v) is 11.1. The van der Waals surface area contributed by atoms with Gasteiger partial charge < -0.3 is 20.9 Å².